The first-order valence-electron chi connectivity index (χ1n) is 11.5. The van der Waals surface area contributed by atoms with E-state index in [4.69, 9.17) is 46.4 Å². The summed E-state index contributed by atoms with van der Waals surface area (Å²) in [4.78, 5) is 28.6. The summed E-state index contributed by atoms with van der Waals surface area (Å²) in [5.74, 6) is -0.994. The van der Waals surface area contributed by atoms with Crippen molar-refractivity contribution in [2.45, 2.75) is 46.0 Å². The molecule has 182 valence electrons. The molecule has 2 aliphatic rings. The SMILES string of the molecule is CCCCN1/C(=C/C=C/C(C)=C2C(=O)c3c(Cl)c(Cl)c(Cl)c(Cl)c3C2=O)C(C)(C)c2ccccc21. The van der Waals surface area contributed by atoms with Crippen LogP contribution in [0.2, 0.25) is 20.1 Å². The van der Waals surface area contributed by atoms with Crippen LogP contribution in [0.5, 0.6) is 0 Å². The Morgan fingerprint density at radius 3 is 2.09 bits per heavy atom. The van der Waals surface area contributed by atoms with E-state index in [1.165, 1.54) is 16.9 Å². The van der Waals surface area contributed by atoms with Crippen LogP contribution in [0.15, 0.2) is 59.3 Å². The number of unbranched alkanes of at least 4 members (excludes halogenated alkanes) is 1. The summed E-state index contributed by atoms with van der Waals surface area (Å²) in [6.45, 7) is 9.24. The summed E-state index contributed by atoms with van der Waals surface area (Å²) in [6, 6.07) is 8.45. The number of allylic oxidation sites excluding steroid dienone is 6. The van der Waals surface area contributed by atoms with Crippen LogP contribution in [0.4, 0.5) is 5.69 Å². The molecular weight excluding hydrogens is 524 g/mol. The van der Waals surface area contributed by atoms with Crippen LogP contribution in [0.1, 0.15) is 66.8 Å². The molecule has 0 aromatic heterocycles. The van der Waals surface area contributed by atoms with Crippen molar-refractivity contribution in [1.82, 2.24) is 0 Å². The van der Waals surface area contributed by atoms with Crippen molar-refractivity contribution in [2.24, 2.45) is 0 Å². The third-order valence-corrected chi connectivity index (χ3v) is 8.51. The van der Waals surface area contributed by atoms with Crippen LogP contribution in [-0.2, 0) is 5.41 Å². The first kappa shape index (κ1) is 26.0. The lowest BCUT2D eigenvalue weighted by molar-refractivity contribution is 0.0987. The molecule has 0 unspecified atom stereocenters. The molecule has 2 aromatic carbocycles. The van der Waals surface area contributed by atoms with Crippen LogP contribution >= 0.6 is 46.4 Å². The Hall–Kier alpha value is -2.04. The maximum absolute atomic E-state index is 13.1. The summed E-state index contributed by atoms with van der Waals surface area (Å²) in [7, 11) is 0. The van der Waals surface area contributed by atoms with Gasteiger partial charge in [0.25, 0.3) is 0 Å². The number of nitrogens with zero attached hydrogens (tertiary/aromatic N) is 1. The molecule has 2 aromatic rings. The van der Waals surface area contributed by atoms with Gasteiger partial charge in [-0.1, -0.05) is 104 Å². The molecule has 1 heterocycles. The van der Waals surface area contributed by atoms with Gasteiger partial charge in [0.1, 0.15) is 0 Å². The molecule has 4 rings (SSSR count). The van der Waals surface area contributed by atoms with Crippen molar-refractivity contribution < 1.29 is 9.59 Å². The Balaban J connectivity index is 1.73. The third kappa shape index (κ3) is 4.17. The lowest BCUT2D eigenvalue weighted by Gasteiger charge is -2.27. The van der Waals surface area contributed by atoms with Gasteiger partial charge in [-0.3, -0.25) is 9.59 Å². The van der Waals surface area contributed by atoms with Crippen molar-refractivity contribution in [2.75, 3.05) is 11.4 Å². The fourth-order valence-corrected chi connectivity index (χ4v) is 5.86. The fourth-order valence-electron chi connectivity index (χ4n) is 4.83. The summed E-state index contributed by atoms with van der Waals surface area (Å²) >= 11 is 24.8. The number of benzene rings is 2. The van der Waals surface area contributed by atoms with Crippen molar-refractivity contribution >= 4 is 63.7 Å². The molecule has 0 atom stereocenters. The highest BCUT2D eigenvalue weighted by Crippen LogP contribution is 2.48. The van der Waals surface area contributed by atoms with Gasteiger partial charge in [-0.05, 0) is 36.6 Å². The second kappa shape index (κ2) is 9.78. The van der Waals surface area contributed by atoms with E-state index in [1.54, 1.807) is 13.0 Å². The number of hydrogen-bond acceptors (Lipinski definition) is 3. The Morgan fingerprint density at radius 2 is 1.51 bits per heavy atom. The molecule has 0 N–H and O–H groups in total. The van der Waals surface area contributed by atoms with E-state index in [0.717, 1.165) is 19.4 Å². The number of fused-ring (bicyclic) bond motifs is 2. The second-order valence-electron chi connectivity index (χ2n) is 9.28. The van der Waals surface area contributed by atoms with E-state index in [0.29, 0.717) is 5.57 Å². The van der Waals surface area contributed by atoms with E-state index in [1.807, 2.05) is 6.08 Å². The molecule has 0 saturated carbocycles. The maximum Gasteiger partial charge on any atom is 0.199 e. The number of carbonyl (C=O) groups is 2. The molecule has 0 fully saturated rings. The van der Waals surface area contributed by atoms with E-state index < -0.39 is 11.6 Å². The fraction of sp³-hybridized carbons (Fsp3) is 0.286. The van der Waals surface area contributed by atoms with Crippen LogP contribution in [-0.4, -0.2) is 18.1 Å². The first-order valence-corrected chi connectivity index (χ1v) is 13.0. The zero-order valence-corrected chi connectivity index (χ0v) is 23.0. The summed E-state index contributed by atoms with van der Waals surface area (Å²) < 4.78 is 0. The van der Waals surface area contributed by atoms with E-state index >= 15 is 0 Å². The Morgan fingerprint density at radius 1 is 0.943 bits per heavy atom. The molecule has 1 aliphatic carbocycles. The molecule has 0 spiro atoms. The quantitative estimate of drug-likeness (QED) is 0.162. The molecule has 0 bridgehead atoms. The summed E-state index contributed by atoms with van der Waals surface area (Å²) in [5.41, 5.74) is 4.04. The van der Waals surface area contributed by atoms with Crippen molar-refractivity contribution in [1.29, 1.82) is 0 Å². The number of para-hydroxylation sites is 1. The highest BCUT2D eigenvalue weighted by molar-refractivity contribution is 6.57. The molecule has 35 heavy (non-hydrogen) atoms. The predicted molar refractivity (Wildman–Crippen MR) is 147 cm³/mol. The third-order valence-electron chi connectivity index (χ3n) is 6.70. The van der Waals surface area contributed by atoms with E-state index in [2.05, 4.69) is 56.0 Å². The zero-order chi connectivity index (χ0) is 25.7. The van der Waals surface area contributed by atoms with Crippen molar-refractivity contribution in [3.8, 4) is 0 Å². The van der Waals surface area contributed by atoms with Crippen LogP contribution in [0.3, 0.4) is 0 Å². The van der Waals surface area contributed by atoms with Crippen molar-refractivity contribution in [3.63, 3.8) is 0 Å². The minimum Gasteiger partial charge on any atom is -0.344 e. The second-order valence-corrected chi connectivity index (χ2v) is 10.8. The zero-order valence-electron chi connectivity index (χ0n) is 19.9. The van der Waals surface area contributed by atoms with Gasteiger partial charge in [-0.25, -0.2) is 0 Å². The lowest BCUT2D eigenvalue weighted by Crippen LogP contribution is -2.26. The normalized spacial score (nSPS) is 17.7. The van der Waals surface area contributed by atoms with Gasteiger partial charge in [0.15, 0.2) is 11.6 Å². The smallest absolute Gasteiger partial charge is 0.199 e. The van der Waals surface area contributed by atoms with Gasteiger partial charge < -0.3 is 4.90 Å². The Kier molecular flexibility index (Phi) is 7.28. The average molecular weight is 549 g/mol. The summed E-state index contributed by atoms with van der Waals surface area (Å²) in [6.07, 6.45) is 7.88. The number of carbonyl (C=O) groups excluding carboxylic acids is 2. The topological polar surface area (TPSA) is 37.4 Å². The standard InChI is InChI=1S/C28H25Cl4NO2/c1-5-6-14-33-17-12-8-7-11-16(17)28(3,4)18(33)13-9-10-15(2)19-26(34)20-21(27(19)35)23(30)25(32)24(31)22(20)29/h7-13H,5-6,14H2,1-4H3/b10-9+,18-13+. The average Bonchev–Trinajstić information content (AvgIpc) is 3.21. The monoisotopic (exact) mass is 547 g/mol. The number of ketones is 2. The van der Waals surface area contributed by atoms with Crippen LogP contribution in [0.25, 0.3) is 0 Å². The number of rotatable bonds is 5. The highest BCUT2D eigenvalue weighted by Gasteiger charge is 2.41. The first-order chi connectivity index (χ1) is 16.5. The van der Waals surface area contributed by atoms with Gasteiger partial charge >= 0.3 is 0 Å². The van der Waals surface area contributed by atoms with Crippen molar-refractivity contribution in [3.05, 3.63) is 96.1 Å². The molecule has 3 nitrogen and oxygen atoms in total. The molecule has 1 aliphatic heterocycles. The van der Waals surface area contributed by atoms with Gasteiger partial charge in [0, 0.05) is 23.3 Å². The number of anilines is 1. The molecule has 0 amide bonds. The minimum absolute atomic E-state index is 0.00953. The highest BCUT2D eigenvalue weighted by atomic mass is 35.5. The largest absolute Gasteiger partial charge is 0.344 e. The van der Waals surface area contributed by atoms with Gasteiger partial charge in [-0.2, -0.15) is 0 Å². The number of halogens is 4. The van der Waals surface area contributed by atoms with Gasteiger partial charge in [-0.15, -0.1) is 0 Å². The van der Waals surface area contributed by atoms with E-state index in [-0.39, 0.29) is 42.2 Å². The van der Waals surface area contributed by atoms with Gasteiger partial charge in [0.05, 0.1) is 36.8 Å². The Labute approximate surface area is 226 Å². The van der Waals surface area contributed by atoms with Gasteiger partial charge in [0.2, 0.25) is 0 Å². The number of Topliss-reactive ketones (excluding diaryl/α,β-unsaturated/α-hetero) is 2. The lowest BCUT2D eigenvalue weighted by atomic mass is 9.83. The maximum atomic E-state index is 13.1. The minimum atomic E-state index is -0.497. The van der Waals surface area contributed by atoms with Crippen LogP contribution in [0, 0.1) is 0 Å². The molecular formula is C28H25Cl4NO2. The molecule has 0 saturated heterocycles. The van der Waals surface area contributed by atoms with Crippen LogP contribution < -0.4 is 4.90 Å². The van der Waals surface area contributed by atoms with E-state index in [9.17, 15) is 9.59 Å². The Bertz CT molecular complexity index is 1300. The number of hydrogen-bond donors (Lipinski definition) is 0. The molecule has 7 heteroatoms. The summed E-state index contributed by atoms with van der Waals surface area (Å²) in [5, 5.41) is -0.180. The predicted octanol–water partition coefficient (Wildman–Crippen LogP) is 9.03. The molecule has 0 radical (unpaired) electrons.